The number of nitrogens with zero attached hydrogens (tertiary/aromatic N) is 2. The van der Waals surface area contributed by atoms with Crippen LogP contribution in [0.2, 0.25) is 0 Å². The zero-order valence-corrected chi connectivity index (χ0v) is 17.3. The number of amides is 1. The summed E-state index contributed by atoms with van der Waals surface area (Å²) in [5.41, 5.74) is 1.79. The predicted octanol–water partition coefficient (Wildman–Crippen LogP) is 2.18. The third-order valence-electron chi connectivity index (χ3n) is 5.26. The fourth-order valence-corrected chi connectivity index (χ4v) is 3.70. The predicted molar refractivity (Wildman–Crippen MR) is 115 cm³/mol. The lowest BCUT2D eigenvalue weighted by atomic mass is 10.1. The average Bonchev–Trinajstić information content (AvgIpc) is 3.47. The van der Waals surface area contributed by atoms with Crippen molar-refractivity contribution in [1.82, 2.24) is 20.9 Å². The van der Waals surface area contributed by atoms with Gasteiger partial charge in [0.05, 0.1) is 12.3 Å². The highest BCUT2D eigenvalue weighted by Crippen LogP contribution is 2.24. The summed E-state index contributed by atoms with van der Waals surface area (Å²) in [6.45, 7) is 3.66. The molecule has 1 atom stereocenters. The van der Waals surface area contributed by atoms with E-state index in [9.17, 15) is 4.79 Å². The van der Waals surface area contributed by atoms with Gasteiger partial charge in [-0.2, -0.15) is 0 Å². The van der Waals surface area contributed by atoms with Gasteiger partial charge in [0.15, 0.2) is 5.96 Å². The first kappa shape index (κ1) is 20.9. The van der Waals surface area contributed by atoms with Crippen molar-refractivity contribution in [3.05, 3.63) is 59.5 Å². The topological polar surface area (TPSA) is 81.9 Å². The quantitative estimate of drug-likeness (QED) is 0.470. The number of aliphatic imine (C=N–C) groups is 1. The SMILES string of the molecule is CN=C(NCCc1cccc(C(=O)NC)c1)NCC(c1ccco1)N1CCCC1. The molecule has 1 aromatic heterocycles. The minimum Gasteiger partial charge on any atom is -0.468 e. The third-order valence-corrected chi connectivity index (χ3v) is 5.26. The second-order valence-corrected chi connectivity index (χ2v) is 7.18. The van der Waals surface area contributed by atoms with Crippen LogP contribution in [0.5, 0.6) is 0 Å². The fraction of sp³-hybridized carbons (Fsp3) is 0.455. The molecule has 3 rings (SSSR count). The summed E-state index contributed by atoms with van der Waals surface area (Å²) in [6, 6.07) is 11.9. The Balaban J connectivity index is 1.51. The summed E-state index contributed by atoms with van der Waals surface area (Å²) < 4.78 is 5.68. The van der Waals surface area contributed by atoms with Crippen LogP contribution in [-0.2, 0) is 6.42 Å². The molecule has 7 nitrogen and oxygen atoms in total. The van der Waals surface area contributed by atoms with Crippen molar-refractivity contribution in [2.24, 2.45) is 4.99 Å². The molecule has 0 aliphatic carbocycles. The van der Waals surface area contributed by atoms with Crippen LogP contribution in [-0.4, -0.2) is 57.0 Å². The highest BCUT2D eigenvalue weighted by atomic mass is 16.3. The number of nitrogens with one attached hydrogen (secondary N) is 3. The van der Waals surface area contributed by atoms with Crippen LogP contribution in [0.3, 0.4) is 0 Å². The molecule has 156 valence electrons. The Morgan fingerprint density at radius 2 is 2.03 bits per heavy atom. The van der Waals surface area contributed by atoms with Crippen molar-refractivity contribution in [2.75, 3.05) is 40.3 Å². The Morgan fingerprint density at radius 3 is 2.72 bits per heavy atom. The van der Waals surface area contributed by atoms with Gasteiger partial charge < -0.3 is 20.4 Å². The van der Waals surface area contributed by atoms with Crippen molar-refractivity contribution in [3.8, 4) is 0 Å². The second-order valence-electron chi connectivity index (χ2n) is 7.18. The molecule has 0 saturated carbocycles. The lowest BCUT2D eigenvalue weighted by Gasteiger charge is -2.26. The number of guanidine groups is 1. The van der Waals surface area contributed by atoms with Gasteiger partial charge in [-0.15, -0.1) is 0 Å². The molecule has 1 aliphatic rings. The van der Waals surface area contributed by atoms with Gasteiger partial charge in [0.25, 0.3) is 5.91 Å². The molecule has 2 aromatic rings. The van der Waals surface area contributed by atoms with Crippen molar-refractivity contribution in [3.63, 3.8) is 0 Å². The maximum absolute atomic E-state index is 11.8. The molecular weight excluding hydrogens is 366 g/mol. The average molecular weight is 398 g/mol. The van der Waals surface area contributed by atoms with Crippen LogP contribution in [0.25, 0.3) is 0 Å². The van der Waals surface area contributed by atoms with E-state index in [-0.39, 0.29) is 11.9 Å². The molecule has 1 fully saturated rings. The summed E-state index contributed by atoms with van der Waals surface area (Å²) in [5, 5.41) is 9.45. The number of carbonyl (C=O) groups excluding carboxylic acids is 1. The van der Waals surface area contributed by atoms with Crippen LogP contribution in [0, 0.1) is 0 Å². The zero-order valence-electron chi connectivity index (χ0n) is 17.3. The zero-order chi connectivity index (χ0) is 20.5. The molecular formula is C22H31N5O2. The van der Waals surface area contributed by atoms with E-state index < -0.39 is 0 Å². The summed E-state index contributed by atoms with van der Waals surface area (Å²) in [7, 11) is 3.42. The van der Waals surface area contributed by atoms with Crippen molar-refractivity contribution in [1.29, 1.82) is 0 Å². The molecule has 2 heterocycles. The van der Waals surface area contributed by atoms with E-state index in [4.69, 9.17) is 4.42 Å². The molecule has 0 radical (unpaired) electrons. The van der Waals surface area contributed by atoms with E-state index in [1.807, 2.05) is 36.4 Å². The molecule has 1 saturated heterocycles. The Bertz CT molecular complexity index is 797. The monoisotopic (exact) mass is 397 g/mol. The Kier molecular flexibility index (Phi) is 7.69. The summed E-state index contributed by atoms with van der Waals surface area (Å²) in [6.07, 6.45) is 5.01. The van der Waals surface area contributed by atoms with E-state index >= 15 is 0 Å². The van der Waals surface area contributed by atoms with Gasteiger partial charge in [0, 0.05) is 32.7 Å². The number of benzene rings is 1. The third kappa shape index (κ3) is 5.84. The highest BCUT2D eigenvalue weighted by Gasteiger charge is 2.25. The molecule has 0 bridgehead atoms. The summed E-state index contributed by atoms with van der Waals surface area (Å²) in [5.74, 6) is 1.69. The van der Waals surface area contributed by atoms with E-state index in [1.54, 1.807) is 20.4 Å². The molecule has 1 aromatic carbocycles. The van der Waals surface area contributed by atoms with Crippen molar-refractivity contribution < 1.29 is 9.21 Å². The second kappa shape index (κ2) is 10.7. The van der Waals surface area contributed by atoms with Gasteiger partial charge in [-0.3, -0.25) is 14.7 Å². The molecule has 7 heteroatoms. The lowest BCUT2D eigenvalue weighted by molar-refractivity contribution is 0.0963. The Morgan fingerprint density at radius 1 is 1.21 bits per heavy atom. The minimum atomic E-state index is -0.0665. The normalized spacial score (nSPS) is 15.9. The molecule has 3 N–H and O–H groups in total. The smallest absolute Gasteiger partial charge is 0.251 e. The highest BCUT2D eigenvalue weighted by molar-refractivity contribution is 5.94. The van der Waals surface area contributed by atoms with Crippen LogP contribution < -0.4 is 16.0 Å². The van der Waals surface area contributed by atoms with Crippen LogP contribution >= 0.6 is 0 Å². The Hall–Kier alpha value is -2.80. The molecule has 0 spiro atoms. The van der Waals surface area contributed by atoms with E-state index in [0.29, 0.717) is 5.56 Å². The fourth-order valence-electron chi connectivity index (χ4n) is 3.70. The van der Waals surface area contributed by atoms with Gasteiger partial charge in [-0.1, -0.05) is 12.1 Å². The van der Waals surface area contributed by atoms with Crippen LogP contribution in [0.15, 0.2) is 52.1 Å². The van der Waals surface area contributed by atoms with Gasteiger partial charge in [0.1, 0.15) is 5.76 Å². The summed E-state index contributed by atoms with van der Waals surface area (Å²) in [4.78, 5) is 18.6. The largest absolute Gasteiger partial charge is 0.468 e. The molecule has 1 amide bonds. The first-order valence-corrected chi connectivity index (χ1v) is 10.2. The number of furan rings is 1. The van der Waals surface area contributed by atoms with Crippen LogP contribution in [0.4, 0.5) is 0 Å². The van der Waals surface area contributed by atoms with Crippen molar-refractivity contribution in [2.45, 2.75) is 25.3 Å². The van der Waals surface area contributed by atoms with Gasteiger partial charge in [0.2, 0.25) is 0 Å². The van der Waals surface area contributed by atoms with E-state index in [2.05, 4.69) is 25.8 Å². The van der Waals surface area contributed by atoms with Crippen molar-refractivity contribution >= 4 is 11.9 Å². The number of rotatable bonds is 8. The Labute approximate surface area is 172 Å². The minimum absolute atomic E-state index is 0.0665. The van der Waals surface area contributed by atoms with Gasteiger partial charge in [-0.25, -0.2) is 0 Å². The maximum Gasteiger partial charge on any atom is 0.251 e. The number of likely N-dealkylation sites (tertiary alicyclic amines) is 1. The molecule has 1 unspecified atom stereocenters. The maximum atomic E-state index is 11.8. The van der Waals surface area contributed by atoms with E-state index in [1.165, 1.54) is 12.8 Å². The van der Waals surface area contributed by atoms with Crippen LogP contribution in [0.1, 0.15) is 40.6 Å². The lowest BCUT2D eigenvalue weighted by Crippen LogP contribution is -2.43. The summed E-state index contributed by atoms with van der Waals surface area (Å²) >= 11 is 0. The molecule has 29 heavy (non-hydrogen) atoms. The van der Waals surface area contributed by atoms with E-state index in [0.717, 1.165) is 49.9 Å². The number of hydrogen-bond donors (Lipinski definition) is 3. The first-order chi connectivity index (χ1) is 14.2. The van der Waals surface area contributed by atoms with Gasteiger partial charge in [-0.05, 0) is 62.2 Å². The number of carbonyl (C=O) groups is 1. The van der Waals surface area contributed by atoms with Gasteiger partial charge >= 0.3 is 0 Å². The number of hydrogen-bond acceptors (Lipinski definition) is 4. The molecule has 1 aliphatic heterocycles. The standard InChI is InChI=1S/C22H31N5O2/c1-23-21(28)18-8-5-7-17(15-18)10-11-25-22(24-2)26-16-19(20-9-6-14-29-20)27-12-3-4-13-27/h5-9,14-15,19H,3-4,10-13,16H2,1-2H3,(H,23,28)(H2,24,25,26). The first-order valence-electron chi connectivity index (χ1n) is 10.2.